The number of hydrogen-bond donors (Lipinski definition) is 2. The third kappa shape index (κ3) is 6.46. The molecular formula is C13H19NO6S. The maximum Gasteiger partial charge on any atom is 0.412 e. The molecule has 118 valence electrons. The molecule has 0 aliphatic rings. The van der Waals surface area contributed by atoms with Gasteiger partial charge in [-0.1, -0.05) is 0 Å². The molecule has 1 aromatic carbocycles. The zero-order valence-electron chi connectivity index (χ0n) is 12.3. The zero-order chi connectivity index (χ0) is 16.3. The Hall–Kier alpha value is -1.80. The van der Waals surface area contributed by atoms with Crippen molar-refractivity contribution in [3.8, 4) is 5.75 Å². The monoisotopic (exact) mass is 317 g/mol. The van der Waals surface area contributed by atoms with Crippen LogP contribution in [0.25, 0.3) is 0 Å². The molecule has 0 aromatic heterocycles. The highest BCUT2D eigenvalue weighted by Crippen LogP contribution is 2.24. The summed E-state index contributed by atoms with van der Waals surface area (Å²) in [7, 11) is -3.69. The van der Waals surface area contributed by atoms with Crippen LogP contribution in [0.1, 0.15) is 26.3 Å². The Morgan fingerprint density at radius 2 is 1.95 bits per heavy atom. The number of aliphatic hydroxyl groups excluding tert-OH is 1. The van der Waals surface area contributed by atoms with Gasteiger partial charge in [0.15, 0.2) is 0 Å². The first kappa shape index (κ1) is 17.3. The number of rotatable bonds is 4. The lowest BCUT2D eigenvalue weighted by atomic mass is 10.2. The normalized spacial score (nSPS) is 11.9. The van der Waals surface area contributed by atoms with Gasteiger partial charge in [-0.25, -0.2) is 4.79 Å². The molecule has 0 bridgehead atoms. The topological polar surface area (TPSA) is 102 Å². The largest absolute Gasteiger partial charge is 0.444 e. The number of benzene rings is 1. The molecule has 0 aliphatic heterocycles. The minimum Gasteiger partial charge on any atom is -0.444 e. The maximum atomic E-state index is 11.6. The van der Waals surface area contributed by atoms with E-state index in [1.807, 2.05) is 0 Å². The first-order chi connectivity index (χ1) is 9.50. The summed E-state index contributed by atoms with van der Waals surface area (Å²) in [5.74, 6) is 0.00902. The Morgan fingerprint density at radius 3 is 2.43 bits per heavy atom. The van der Waals surface area contributed by atoms with Crippen LogP contribution < -0.4 is 9.50 Å². The van der Waals surface area contributed by atoms with E-state index >= 15 is 0 Å². The number of amides is 1. The standard InChI is InChI=1S/C13H19NO6S/c1-13(2,3)19-12(16)14-10-5-6-11(9(7-10)8-15)20-21(4,17)18/h5-7,15H,8H2,1-4H3,(H,14,16). The first-order valence-electron chi connectivity index (χ1n) is 6.13. The van der Waals surface area contributed by atoms with Gasteiger partial charge in [0, 0.05) is 11.3 Å². The average molecular weight is 317 g/mol. The van der Waals surface area contributed by atoms with E-state index < -0.39 is 28.4 Å². The number of carbonyl (C=O) groups is 1. The zero-order valence-corrected chi connectivity index (χ0v) is 13.2. The van der Waals surface area contributed by atoms with Gasteiger partial charge in [-0.2, -0.15) is 8.42 Å². The molecule has 0 spiro atoms. The molecule has 0 saturated heterocycles. The molecule has 0 heterocycles. The van der Waals surface area contributed by atoms with Crippen LogP contribution in [0.2, 0.25) is 0 Å². The van der Waals surface area contributed by atoms with Crippen molar-refractivity contribution in [2.45, 2.75) is 33.0 Å². The van der Waals surface area contributed by atoms with Gasteiger partial charge < -0.3 is 14.0 Å². The fraction of sp³-hybridized carbons (Fsp3) is 0.462. The minimum atomic E-state index is -3.69. The van der Waals surface area contributed by atoms with Gasteiger partial charge in [-0.3, -0.25) is 5.32 Å². The highest BCUT2D eigenvalue weighted by molar-refractivity contribution is 7.86. The molecule has 8 heteroatoms. The molecule has 2 N–H and O–H groups in total. The Kier molecular flexibility index (Phi) is 5.19. The molecule has 0 aliphatic carbocycles. The summed E-state index contributed by atoms with van der Waals surface area (Å²) in [6, 6.07) is 4.20. The van der Waals surface area contributed by atoms with Crippen LogP contribution in [0, 0.1) is 0 Å². The van der Waals surface area contributed by atoms with Crippen molar-refractivity contribution in [3.63, 3.8) is 0 Å². The summed E-state index contributed by atoms with van der Waals surface area (Å²) < 4.78 is 32.0. The van der Waals surface area contributed by atoms with Gasteiger partial charge in [-0.15, -0.1) is 0 Å². The van der Waals surface area contributed by atoms with Crippen molar-refractivity contribution in [1.82, 2.24) is 0 Å². The van der Waals surface area contributed by atoms with Gasteiger partial charge in [0.25, 0.3) is 0 Å². The number of carbonyl (C=O) groups excluding carboxylic acids is 1. The molecule has 0 unspecified atom stereocenters. The number of anilines is 1. The van der Waals surface area contributed by atoms with E-state index in [4.69, 9.17) is 8.92 Å². The molecule has 1 amide bonds. The Bertz CT molecular complexity index is 618. The predicted octanol–water partition coefficient (Wildman–Crippen LogP) is 1.86. The van der Waals surface area contributed by atoms with E-state index in [2.05, 4.69) is 5.32 Å². The summed E-state index contributed by atoms with van der Waals surface area (Å²) in [6.07, 6.45) is 0.254. The van der Waals surface area contributed by atoms with Crippen LogP contribution in [-0.4, -0.2) is 31.5 Å². The number of ether oxygens (including phenoxy) is 1. The fourth-order valence-electron chi connectivity index (χ4n) is 1.45. The summed E-state index contributed by atoms with van der Waals surface area (Å²) in [6.45, 7) is 4.76. The van der Waals surface area contributed by atoms with Crippen molar-refractivity contribution < 1.29 is 27.2 Å². The number of hydrogen-bond acceptors (Lipinski definition) is 6. The molecule has 21 heavy (non-hydrogen) atoms. The van der Waals surface area contributed by atoms with Crippen LogP contribution in [0.5, 0.6) is 5.75 Å². The Labute approximate surface area is 124 Å². The first-order valence-corrected chi connectivity index (χ1v) is 7.95. The van der Waals surface area contributed by atoms with E-state index in [1.54, 1.807) is 20.8 Å². The van der Waals surface area contributed by atoms with Gasteiger partial charge in [-0.05, 0) is 39.0 Å². The number of nitrogens with one attached hydrogen (secondary N) is 1. The van der Waals surface area contributed by atoms with Crippen molar-refractivity contribution in [3.05, 3.63) is 23.8 Å². The highest BCUT2D eigenvalue weighted by atomic mass is 32.2. The molecule has 0 saturated carbocycles. The lowest BCUT2D eigenvalue weighted by molar-refractivity contribution is 0.0636. The van der Waals surface area contributed by atoms with Crippen molar-refractivity contribution >= 4 is 21.9 Å². The van der Waals surface area contributed by atoms with Gasteiger partial charge in [0.1, 0.15) is 11.4 Å². The second-order valence-electron chi connectivity index (χ2n) is 5.39. The maximum absolute atomic E-state index is 11.6. The van der Waals surface area contributed by atoms with Crippen molar-refractivity contribution in [2.24, 2.45) is 0 Å². The second kappa shape index (κ2) is 6.31. The SMILES string of the molecule is CC(C)(C)OC(=O)Nc1ccc(OS(C)(=O)=O)c(CO)c1. The third-order valence-corrected chi connectivity index (χ3v) is 2.60. The van der Waals surface area contributed by atoms with Crippen LogP contribution in [0.15, 0.2) is 18.2 Å². The summed E-state index contributed by atoms with van der Waals surface area (Å²) in [5, 5.41) is 11.7. The summed E-state index contributed by atoms with van der Waals surface area (Å²) in [5.41, 5.74) is -0.0494. The van der Waals surface area contributed by atoms with Crippen molar-refractivity contribution in [2.75, 3.05) is 11.6 Å². The van der Waals surface area contributed by atoms with E-state index in [-0.39, 0.29) is 11.3 Å². The van der Waals surface area contributed by atoms with Crippen LogP contribution >= 0.6 is 0 Å². The van der Waals surface area contributed by atoms with Gasteiger partial charge in [0.2, 0.25) is 0 Å². The van der Waals surface area contributed by atoms with E-state index in [9.17, 15) is 18.3 Å². The Morgan fingerprint density at radius 1 is 1.33 bits per heavy atom. The molecular weight excluding hydrogens is 298 g/mol. The quantitative estimate of drug-likeness (QED) is 0.822. The summed E-state index contributed by atoms with van der Waals surface area (Å²) >= 11 is 0. The van der Waals surface area contributed by atoms with Gasteiger partial charge in [0.05, 0.1) is 12.9 Å². The lowest BCUT2D eigenvalue weighted by Gasteiger charge is -2.20. The molecule has 0 radical (unpaired) electrons. The van der Waals surface area contributed by atoms with Crippen LogP contribution in [-0.2, 0) is 21.5 Å². The van der Waals surface area contributed by atoms with Crippen molar-refractivity contribution in [1.29, 1.82) is 0 Å². The predicted molar refractivity (Wildman–Crippen MR) is 77.7 cm³/mol. The second-order valence-corrected chi connectivity index (χ2v) is 6.97. The van der Waals surface area contributed by atoms with E-state index in [1.165, 1.54) is 18.2 Å². The minimum absolute atomic E-state index is 0.00902. The average Bonchev–Trinajstić information content (AvgIpc) is 2.26. The number of aliphatic hydroxyl groups is 1. The van der Waals surface area contributed by atoms with Gasteiger partial charge >= 0.3 is 16.2 Å². The molecule has 1 rings (SSSR count). The Balaban J connectivity index is 2.90. The van der Waals surface area contributed by atoms with Crippen LogP contribution in [0.4, 0.5) is 10.5 Å². The molecule has 7 nitrogen and oxygen atoms in total. The summed E-state index contributed by atoms with van der Waals surface area (Å²) in [4.78, 5) is 11.6. The molecule has 0 fully saturated rings. The lowest BCUT2D eigenvalue weighted by Crippen LogP contribution is -2.27. The third-order valence-electron chi connectivity index (χ3n) is 2.12. The van der Waals surface area contributed by atoms with E-state index in [0.717, 1.165) is 6.26 Å². The van der Waals surface area contributed by atoms with Crippen LogP contribution in [0.3, 0.4) is 0 Å². The smallest absolute Gasteiger partial charge is 0.412 e. The molecule has 1 aromatic rings. The highest BCUT2D eigenvalue weighted by Gasteiger charge is 2.17. The fourth-order valence-corrected chi connectivity index (χ4v) is 1.94. The van der Waals surface area contributed by atoms with E-state index in [0.29, 0.717) is 5.69 Å². The molecule has 0 atom stereocenters.